The van der Waals surface area contributed by atoms with E-state index in [1.54, 1.807) is 24.3 Å². The van der Waals surface area contributed by atoms with Crippen molar-refractivity contribution in [3.8, 4) is 0 Å². The zero-order chi connectivity index (χ0) is 11.8. The standard InChI is InChI=1S/C10H12INO3S/c11-7-1-3-10(4-2-7)16(14,15)12-8-5-9(13)6-8/h1-4,8-9,12-13H,5-6H2. The van der Waals surface area contributed by atoms with Crippen LogP contribution in [0.5, 0.6) is 0 Å². The van der Waals surface area contributed by atoms with Gasteiger partial charge in [-0.15, -0.1) is 0 Å². The molecule has 2 rings (SSSR count). The molecule has 1 aromatic rings. The lowest BCUT2D eigenvalue weighted by molar-refractivity contribution is 0.0712. The Morgan fingerprint density at radius 2 is 1.81 bits per heavy atom. The van der Waals surface area contributed by atoms with Crippen LogP contribution in [0.4, 0.5) is 0 Å². The molecule has 88 valence electrons. The molecule has 4 nitrogen and oxygen atoms in total. The highest BCUT2D eigenvalue weighted by Gasteiger charge is 2.31. The normalized spacial score (nSPS) is 25.1. The van der Waals surface area contributed by atoms with Gasteiger partial charge in [0.15, 0.2) is 0 Å². The summed E-state index contributed by atoms with van der Waals surface area (Å²) in [4.78, 5) is 0.273. The third kappa shape index (κ3) is 2.73. The summed E-state index contributed by atoms with van der Waals surface area (Å²) in [5.74, 6) is 0. The van der Waals surface area contributed by atoms with Crippen LogP contribution in [0.3, 0.4) is 0 Å². The number of halogens is 1. The molecule has 0 bridgehead atoms. The fourth-order valence-electron chi connectivity index (χ4n) is 1.59. The van der Waals surface area contributed by atoms with Crippen LogP contribution in [0.15, 0.2) is 29.2 Å². The summed E-state index contributed by atoms with van der Waals surface area (Å²) in [6.07, 6.45) is 0.650. The summed E-state index contributed by atoms with van der Waals surface area (Å²) in [6, 6.07) is 6.55. The first-order valence-corrected chi connectivity index (χ1v) is 7.49. The zero-order valence-electron chi connectivity index (χ0n) is 8.43. The van der Waals surface area contributed by atoms with Crippen molar-refractivity contribution in [2.75, 3.05) is 0 Å². The molecule has 0 saturated heterocycles. The SMILES string of the molecule is O=S(=O)(NC1CC(O)C1)c1ccc(I)cc1. The third-order valence-electron chi connectivity index (χ3n) is 2.56. The molecule has 1 aromatic carbocycles. The second-order valence-electron chi connectivity index (χ2n) is 3.90. The topological polar surface area (TPSA) is 66.4 Å². The van der Waals surface area contributed by atoms with Crippen molar-refractivity contribution < 1.29 is 13.5 Å². The molecule has 1 saturated carbocycles. The van der Waals surface area contributed by atoms with E-state index in [0.717, 1.165) is 3.57 Å². The largest absolute Gasteiger partial charge is 0.393 e. The van der Waals surface area contributed by atoms with E-state index < -0.39 is 10.0 Å². The number of aliphatic hydroxyl groups excluding tert-OH is 1. The molecule has 0 amide bonds. The minimum atomic E-state index is -3.42. The summed E-state index contributed by atoms with van der Waals surface area (Å²) >= 11 is 2.12. The lowest BCUT2D eigenvalue weighted by atomic mass is 9.91. The van der Waals surface area contributed by atoms with Gasteiger partial charge in [0.1, 0.15) is 0 Å². The van der Waals surface area contributed by atoms with Crippen LogP contribution in [-0.4, -0.2) is 25.7 Å². The van der Waals surface area contributed by atoms with Gasteiger partial charge in [-0.25, -0.2) is 13.1 Å². The highest BCUT2D eigenvalue weighted by atomic mass is 127. The minimum absolute atomic E-state index is 0.126. The van der Waals surface area contributed by atoms with Crippen molar-refractivity contribution in [1.82, 2.24) is 4.72 Å². The van der Waals surface area contributed by atoms with E-state index in [4.69, 9.17) is 5.11 Å². The van der Waals surface area contributed by atoms with E-state index in [9.17, 15) is 8.42 Å². The van der Waals surface area contributed by atoms with E-state index in [0.29, 0.717) is 12.8 Å². The van der Waals surface area contributed by atoms with Crippen molar-refractivity contribution in [1.29, 1.82) is 0 Å². The maximum atomic E-state index is 11.9. The maximum absolute atomic E-state index is 11.9. The van der Waals surface area contributed by atoms with E-state index in [1.807, 2.05) is 0 Å². The van der Waals surface area contributed by atoms with Gasteiger partial charge in [0, 0.05) is 9.61 Å². The Hall–Kier alpha value is -0.180. The summed E-state index contributed by atoms with van der Waals surface area (Å²) in [5, 5.41) is 9.09. The molecule has 0 radical (unpaired) electrons. The predicted molar refractivity (Wildman–Crippen MR) is 68.5 cm³/mol. The van der Waals surface area contributed by atoms with Gasteiger partial charge in [-0.3, -0.25) is 0 Å². The molecule has 1 aliphatic rings. The molecule has 0 unspecified atom stereocenters. The monoisotopic (exact) mass is 353 g/mol. The first kappa shape index (κ1) is 12.3. The molecule has 0 heterocycles. The van der Waals surface area contributed by atoms with Crippen LogP contribution in [-0.2, 0) is 10.0 Å². The fraction of sp³-hybridized carbons (Fsp3) is 0.400. The zero-order valence-corrected chi connectivity index (χ0v) is 11.4. The number of nitrogens with one attached hydrogen (secondary N) is 1. The molecular formula is C10H12INO3S. The number of rotatable bonds is 3. The average Bonchev–Trinajstić information content (AvgIpc) is 2.15. The van der Waals surface area contributed by atoms with Crippen LogP contribution >= 0.6 is 22.6 Å². The Kier molecular flexibility index (Phi) is 3.53. The third-order valence-corrected chi connectivity index (χ3v) is 4.81. The van der Waals surface area contributed by atoms with Crippen LogP contribution in [0, 0.1) is 3.57 Å². The Morgan fingerprint density at radius 1 is 1.25 bits per heavy atom. The molecule has 0 aromatic heterocycles. The number of hydrogen-bond acceptors (Lipinski definition) is 3. The van der Waals surface area contributed by atoms with Gasteiger partial charge in [0.25, 0.3) is 0 Å². The van der Waals surface area contributed by atoms with E-state index >= 15 is 0 Å². The van der Waals surface area contributed by atoms with Gasteiger partial charge in [-0.1, -0.05) is 0 Å². The summed E-state index contributed by atoms with van der Waals surface area (Å²) in [6.45, 7) is 0. The number of benzene rings is 1. The molecule has 0 spiro atoms. The van der Waals surface area contributed by atoms with Crippen LogP contribution in [0.2, 0.25) is 0 Å². The maximum Gasteiger partial charge on any atom is 0.240 e. The van der Waals surface area contributed by atoms with Crippen molar-refractivity contribution in [2.24, 2.45) is 0 Å². The highest BCUT2D eigenvalue weighted by molar-refractivity contribution is 14.1. The van der Waals surface area contributed by atoms with Crippen molar-refractivity contribution >= 4 is 32.6 Å². The van der Waals surface area contributed by atoms with Gasteiger partial charge in [-0.2, -0.15) is 0 Å². The van der Waals surface area contributed by atoms with Gasteiger partial charge < -0.3 is 5.11 Å². The van der Waals surface area contributed by atoms with Gasteiger partial charge in [-0.05, 0) is 59.7 Å². The Labute approximate surface area is 108 Å². The van der Waals surface area contributed by atoms with Crippen molar-refractivity contribution in [3.63, 3.8) is 0 Å². The molecule has 16 heavy (non-hydrogen) atoms. The molecule has 1 aliphatic carbocycles. The Bertz CT molecular complexity index is 465. The van der Waals surface area contributed by atoms with Crippen molar-refractivity contribution in [3.05, 3.63) is 27.8 Å². The molecule has 1 fully saturated rings. The fourth-order valence-corrected chi connectivity index (χ4v) is 3.21. The molecule has 2 N–H and O–H groups in total. The van der Waals surface area contributed by atoms with Gasteiger partial charge in [0.05, 0.1) is 11.0 Å². The molecule has 6 heteroatoms. The number of sulfonamides is 1. The number of aliphatic hydroxyl groups is 1. The van der Waals surface area contributed by atoms with E-state index in [1.165, 1.54) is 0 Å². The van der Waals surface area contributed by atoms with Gasteiger partial charge >= 0.3 is 0 Å². The highest BCUT2D eigenvalue weighted by Crippen LogP contribution is 2.22. The summed E-state index contributed by atoms with van der Waals surface area (Å²) < 4.78 is 27.3. The smallest absolute Gasteiger partial charge is 0.240 e. The van der Waals surface area contributed by atoms with Crippen LogP contribution in [0.1, 0.15) is 12.8 Å². The second-order valence-corrected chi connectivity index (χ2v) is 6.86. The van der Waals surface area contributed by atoms with E-state index in [2.05, 4.69) is 27.3 Å². The Balaban J connectivity index is 2.10. The van der Waals surface area contributed by atoms with Crippen molar-refractivity contribution in [2.45, 2.75) is 29.9 Å². The molecule has 0 aliphatic heterocycles. The second kappa shape index (κ2) is 4.59. The lowest BCUT2D eigenvalue weighted by Crippen LogP contribution is -2.46. The quantitative estimate of drug-likeness (QED) is 0.800. The predicted octanol–water partition coefficient (Wildman–Crippen LogP) is 1.09. The van der Waals surface area contributed by atoms with Crippen LogP contribution in [0.25, 0.3) is 0 Å². The molecular weight excluding hydrogens is 341 g/mol. The van der Waals surface area contributed by atoms with Crippen LogP contribution < -0.4 is 4.72 Å². The average molecular weight is 353 g/mol. The molecule has 0 atom stereocenters. The first-order chi connectivity index (χ1) is 7.47. The van der Waals surface area contributed by atoms with E-state index in [-0.39, 0.29) is 17.0 Å². The summed E-state index contributed by atoms with van der Waals surface area (Å²) in [7, 11) is -3.42. The first-order valence-electron chi connectivity index (χ1n) is 4.93. The summed E-state index contributed by atoms with van der Waals surface area (Å²) in [5.41, 5.74) is 0. The Morgan fingerprint density at radius 3 is 2.31 bits per heavy atom. The lowest BCUT2D eigenvalue weighted by Gasteiger charge is -2.31. The number of hydrogen-bond donors (Lipinski definition) is 2. The minimum Gasteiger partial charge on any atom is -0.393 e. The van der Waals surface area contributed by atoms with Gasteiger partial charge in [0.2, 0.25) is 10.0 Å².